The maximum absolute atomic E-state index is 4.75. The molecule has 2 heterocycles. The van der Waals surface area contributed by atoms with Gasteiger partial charge in [-0.3, -0.25) is 4.98 Å². The molecule has 4 nitrogen and oxygen atoms in total. The van der Waals surface area contributed by atoms with Gasteiger partial charge in [-0.15, -0.1) is 0 Å². The van der Waals surface area contributed by atoms with Gasteiger partial charge in [-0.05, 0) is 19.1 Å². The molecule has 0 saturated carbocycles. The summed E-state index contributed by atoms with van der Waals surface area (Å²) in [5, 5.41) is 3.60. The van der Waals surface area contributed by atoms with Gasteiger partial charge >= 0.3 is 0 Å². The fourth-order valence-corrected chi connectivity index (χ4v) is 0.796. The van der Waals surface area contributed by atoms with E-state index < -0.39 is 0 Å². The topological polar surface area (TPSA) is 51.8 Å². The van der Waals surface area contributed by atoms with Crippen LogP contribution in [0.15, 0.2) is 35.1 Å². The second-order valence-electron chi connectivity index (χ2n) is 2.61. The smallest absolute Gasteiger partial charge is 0.226 e. The molecule has 0 atom stereocenters. The molecule has 0 amide bonds. The van der Waals surface area contributed by atoms with E-state index in [4.69, 9.17) is 4.52 Å². The zero-order valence-electron chi connectivity index (χ0n) is 8.34. The van der Waals surface area contributed by atoms with Gasteiger partial charge in [-0.2, -0.15) is 4.98 Å². The second kappa shape index (κ2) is 5.85. The van der Waals surface area contributed by atoms with Crippen LogP contribution in [0.4, 0.5) is 0 Å². The Kier molecular flexibility index (Phi) is 4.34. The molecule has 2 rings (SSSR count). The number of aryl methyl sites for hydroxylation is 2. The zero-order valence-corrected chi connectivity index (χ0v) is 8.34. The molecule has 0 N–H and O–H groups in total. The number of pyridine rings is 1. The number of nitrogens with zero attached hydrogens (tertiary/aromatic N) is 3. The van der Waals surface area contributed by atoms with E-state index in [9.17, 15) is 0 Å². The average molecular weight is 191 g/mol. The van der Waals surface area contributed by atoms with E-state index in [-0.39, 0.29) is 0 Å². The fourth-order valence-electron chi connectivity index (χ4n) is 0.796. The molecule has 0 bridgehead atoms. The first-order valence-electron chi connectivity index (χ1n) is 4.47. The highest BCUT2D eigenvalue weighted by molar-refractivity contribution is 4.88. The van der Waals surface area contributed by atoms with Crippen molar-refractivity contribution in [1.82, 2.24) is 15.1 Å². The van der Waals surface area contributed by atoms with Crippen LogP contribution in [0.2, 0.25) is 0 Å². The molecule has 2 aromatic rings. The number of hydrogen-bond donors (Lipinski definition) is 0. The lowest BCUT2D eigenvalue weighted by atomic mass is 10.5. The van der Waals surface area contributed by atoms with E-state index in [0.717, 1.165) is 6.42 Å². The second-order valence-corrected chi connectivity index (χ2v) is 2.61. The molecule has 74 valence electrons. The lowest BCUT2D eigenvalue weighted by molar-refractivity contribution is 0.378. The molecule has 0 aliphatic heterocycles. The summed E-state index contributed by atoms with van der Waals surface area (Å²) < 4.78 is 4.75. The molecular formula is C10H13N3O. The largest absolute Gasteiger partial charge is 0.339 e. The van der Waals surface area contributed by atoms with Crippen molar-refractivity contribution >= 4 is 0 Å². The van der Waals surface area contributed by atoms with Crippen molar-refractivity contribution in [3.63, 3.8) is 0 Å². The Morgan fingerprint density at radius 2 is 1.93 bits per heavy atom. The van der Waals surface area contributed by atoms with Crippen molar-refractivity contribution in [2.24, 2.45) is 0 Å². The van der Waals surface area contributed by atoms with Gasteiger partial charge < -0.3 is 4.52 Å². The molecule has 14 heavy (non-hydrogen) atoms. The van der Waals surface area contributed by atoms with Crippen LogP contribution in [-0.2, 0) is 6.42 Å². The molecule has 0 aliphatic carbocycles. The van der Waals surface area contributed by atoms with Crippen LogP contribution < -0.4 is 0 Å². The Morgan fingerprint density at radius 1 is 1.21 bits per heavy atom. The summed E-state index contributed by atoms with van der Waals surface area (Å²) in [4.78, 5) is 7.74. The predicted octanol–water partition coefficient (Wildman–Crippen LogP) is 2.02. The normalized spacial score (nSPS) is 9.00. The van der Waals surface area contributed by atoms with Gasteiger partial charge in [-0.1, -0.05) is 18.1 Å². The lowest BCUT2D eigenvalue weighted by Gasteiger charge is -1.75. The number of hydrogen-bond acceptors (Lipinski definition) is 4. The van der Waals surface area contributed by atoms with Crippen molar-refractivity contribution in [3.05, 3.63) is 42.3 Å². The average Bonchev–Trinajstić information content (AvgIpc) is 2.68. The van der Waals surface area contributed by atoms with Crippen molar-refractivity contribution in [1.29, 1.82) is 0 Å². The van der Waals surface area contributed by atoms with Crippen LogP contribution >= 0.6 is 0 Å². The van der Waals surface area contributed by atoms with Gasteiger partial charge in [0, 0.05) is 18.8 Å². The van der Waals surface area contributed by atoms with Crippen LogP contribution in [0.5, 0.6) is 0 Å². The van der Waals surface area contributed by atoms with Crippen molar-refractivity contribution < 1.29 is 4.52 Å². The van der Waals surface area contributed by atoms with Crippen LogP contribution in [0.1, 0.15) is 18.6 Å². The Morgan fingerprint density at radius 3 is 2.14 bits per heavy atom. The first-order chi connectivity index (χ1) is 6.83. The monoisotopic (exact) mass is 191 g/mol. The molecule has 2 aromatic heterocycles. The highest BCUT2D eigenvalue weighted by Gasteiger charge is 1.95. The molecule has 0 unspecified atom stereocenters. The van der Waals surface area contributed by atoms with Crippen molar-refractivity contribution in [2.75, 3.05) is 0 Å². The fraction of sp³-hybridized carbons (Fsp3) is 0.300. The van der Waals surface area contributed by atoms with Crippen molar-refractivity contribution in [2.45, 2.75) is 20.3 Å². The standard InChI is InChI=1S/C5H8N2O.C5H5N/c1-3-5-6-4(2)7-8-5;1-2-4-6-5-3-1/h3H2,1-2H3;1-5H. The first-order valence-corrected chi connectivity index (χ1v) is 4.47. The quantitative estimate of drug-likeness (QED) is 0.692. The Balaban J connectivity index is 0.000000146. The Labute approximate surface area is 83.0 Å². The van der Waals surface area contributed by atoms with Crippen molar-refractivity contribution in [3.8, 4) is 0 Å². The van der Waals surface area contributed by atoms with E-state index in [1.54, 1.807) is 12.4 Å². The van der Waals surface area contributed by atoms with Gasteiger partial charge in [0.25, 0.3) is 0 Å². The van der Waals surface area contributed by atoms with Gasteiger partial charge in [0.1, 0.15) is 0 Å². The van der Waals surface area contributed by atoms with Gasteiger partial charge in [0.2, 0.25) is 5.89 Å². The summed E-state index contributed by atoms with van der Waals surface area (Å²) in [5.74, 6) is 1.42. The molecule has 0 saturated heterocycles. The van der Waals surface area contributed by atoms with Gasteiger partial charge in [-0.25, -0.2) is 0 Å². The Hall–Kier alpha value is -1.71. The molecule has 0 aliphatic rings. The molecule has 0 radical (unpaired) electrons. The summed E-state index contributed by atoms with van der Waals surface area (Å²) in [7, 11) is 0. The van der Waals surface area contributed by atoms with E-state index in [0.29, 0.717) is 11.7 Å². The predicted molar refractivity (Wildman–Crippen MR) is 52.7 cm³/mol. The first kappa shape index (κ1) is 10.4. The molecular weight excluding hydrogens is 178 g/mol. The molecule has 0 aromatic carbocycles. The number of rotatable bonds is 1. The number of aromatic nitrogens is 3. The van der Waals surface area contributed by atoms with E-state index >= 15 is 0 Å². The summed E-state index contributed by atoms with van der Waals surface area (Å²) in [6, 6.07) is 5.72. The van der Waals surface area contributed by atoms with E-state index in [2.05, 4.69) is 15.1 Å². The Bertz CT molecular complexity index is 319. The molecule has 0 spiro atoms. The summed E-state index contributed by atoms with van der Waals surface area (Å²) in [6.45, 7) is 3.79. The van der Waals surface area contributed by atoms with E-state index in [1.807, 2.05) is 32.0 Å². The highest BCUT2D eigenvalue weighted by atomic mass is 16.5. The summed E-state index contributed by atoms with van der Waals surface area (Å²) in [6.07, 6.45) is 4.32. The third-order valence-electron chi connectivity index (χ3n) is 1.44. The minimum absolute atomic E-state index is 0.710. The summed E-state index contributed by atoms with van der Waals surface area (Å²) >= 11 is 0. The molecule has 0 fully saturated rings. The van der Waals surface area contributed by atoms with Gasteiger partial charge in [0.15, 0.2) is 5.82 Å². The van der Waals surface area contributed by atoms with Crippen LogP contribution in [0.25, 0.3) is 0 Å². The van der Waals surface area contributed by atoms with Crippen LogP contribution in [-0.4, -0.2) is 15.1 Å². The lowest BCUT2D eigenvalue weighted by Crippen LogP contribution is -1.76. The SMILES string of the molecule is CCc1nc(C)no1.c1ccncc1. The van der Waals surface area contributed by atoms with Gasteiger partial charge in [0.05, 0.1) is 0 Å². The zero-order chi connectivity index (χ0) is 10.2. The maximum Gasteiger partial charge on any atom is 0.226 e. The summed E-state index contributed by atoms with van der Waals surface area (Å²) in [5.41, 5.74) is 0. The van der Waals surface area contributed by atoms with E-state index in [1.165, 1.54) is 0 Å². The minimum Gasteiger partial charge on any atom is -0.339 e. The molecule has 4 heteroatoms. The van der Waals surface area contributed by atoms with Crippen LogP contribution in [0.3, 0.4) is 0 Å². The highest BCUT2D eigenvalue weighted by Crippen LogP contribution is 1.94. The third kappa shape index (κ3) is 3.80. The third-order valence-corrected chi connectivity index (χ3v) is 1.44. The van der Waals surface area contributed by atoms with Crippen LogP contribution in [0, 0.1) is 6.92 Å². The maximum atomic E-state index is 4.75. The minimum atomic E-state index is 0.710.